The molecule has 5 nitrogen and oxygen atoms in total. The minimum absolute atomic E-state index is 0.0971. The summed E-state index contributed by atoms with van der Waals surface area (Å²) in [6, 6.07) is 19.8. The van der Waals surface area contributed by atoms with Gasteiger partial charge in [0.05, 0.1) is 19.3 Å². The van der Waals surface area contributed by atoms with E-state index in [0.717, 1.165) is 11.1 Å². The van der Waals surface area contributed by atoms with Crippen molar-refractivity contribution in [1.82, 2.24) is 4.90 Å². The van der Waals surface area contributed by atoms with Crippen molar-refractivity contribution in [2.75, 3.05) is 13.2 Å². The molecule has 2 aliphatic rings. The third kappa shape index (κ3) is 2.87. The Balaban J connectivity index is 1.62. The van der Waals surface area contributed by atoms with E-state index in [1.54, 1.807) is 4.90 Å². The third-order valence-corrected chi connectivity index (χ3v) is 5.09. The molecule has 0 N–H and O–H groups in total. The maximum atomic E-state index is 12.7. The number of hydrogen-bond acceptors (Lipinski definition) is 4. The van der Waals surface area contributed by atoms with E-state index in [2.05, 4.69) is 0 Å². The van der Waals surface area contributed by atoms with Crippen molar-refractivity contribution in [1.29, 1.82) is 0 Å². The van der Waals surface area contributed by atoms with Crippen molar-refractivity contribution in [2.24, 2.45) is 0 Å². The second-order valence-electron chi connectivity index (χ2n) is 6.81. The molecule has 2 aromatic rings. The van der Waals surface area contributed by atoms with Gasteiger partial charge < -0.3 is 14.2 Å². The predicted octanol–water partition coefficient (Wildman–Crippen LogP) is 4.07. The molecule has 136 valence electrons. The molecule has 0 saturated carbocycles. The van der Waals surface area contributed by atoms with Crippen molar-refractivity contribution in [3.05, 3.63) is 71.8 Å². The Labute approximate surface area is 153 Å². The molecule has 0 aliphatic carbocycles. The summed E-state index contributed by atoms with van der Waals surface area (Å²) in [6.07, 6.45) is -0.954. The normalized spacial score (nSPS) is 30.2. The molecule has 4 atom stereocenters. The largest absolute Gasteiger partial charge is 0.450 e. The Hall–Kier alpha value is -2.37. The van der Waals surface area contributed by atoms with Crippen molar-refractivity contribution in [2.45, 2.75) is 37.8 Å². The van der Waals surface area contributed by atoms with Crippen LogP contribution in [0, 0.1) is 0 Å². The molecule has 4 rings (SSSR count). The molecule has 5 heteroatoms. The fourth-order valence-electron chi connectivity index (χ4n) is 3.74. The fraction of sp³-hybridized carbons (Fsp3) is 0.381. The standard InChI is InChI=1S/C21H23NO4/c1-3-24-20(23)22-17(15-10-6-4-7-11-15)14-25-19(22)21(2)18(26-21)16-12-8-5-9-13-16/h4-13,17-19H,3,14H2,1-2H3/t17-,18-,19+,21+/m0/s1. The number of nitrogens with zero attached hydrogens (tertiary/aromatic N) is 1. The maximum Gasteiger partial charge on any atom is 0.412 e. The van der Waals surface area contributed by atoms with Crippen LogP contribution in [0.3, 0.4) is 0 Å². The Morgan fingerprint density at radius 1 is 1.12 bits per heavy atom. The summed E-state index contributed by atoms with van der Waals surface area (Å²) in [5.74, 6) is 0. The van der Waals surface area contributed by atoms with Gasteiger partial charge in [-0.1, -0.05) is 60.7 Å². The Bertz CT molecular complexity index is 766. The molecule has 2 aromatic carbocycles. The molecule has 0 spiro atoms. The zero-order chi connectivity index (χ0) is 18.1. The number of carbonyl (C=O) groups is 1. The first-order valence-electron chi connectivity index (χ1n) is 8.99. The SMILES string of the molecule is CCOC(=O)N1[C@H](c2ccccc2)CO[C@@H]1[C@]1(C)O[C@H]1c1ccccc1. The highest BCUT2D eigenvalue weighted by Crippen LogP contribution is 2.55. The van der Waals surface area contributed by atoms with Crippen LogP contribution in [-0.4, -0.2) is 36.0 Å². The molecule has 1 amide bonds. The summed E-state index contributed by atoms with van der Waals surface area (Å²) in [4.78, 5) is 14.4. The number of carbonyl (C=O) groups excluding carboxylic acids is 1. The highest BCUT2D eigenvalue weighted by molar-refractivity contribution is 5.69. The molecule has 2 saturated heterocycles. The van der Waals surface area contributed by atoms with E-state index in [0.29, 0.717) is 13.2 Å². The number of epoxide rings is 1. The average Bonchev–Trinajstić information content (AvgIpc) is 3.16. The van der Waals surface area contributed by atoms with Gasteiger partial charge in [0.15, 0.2) is 6.23 Å². The van der Waals surface area contributed by atoms with Crippen molar-refractivity contribution in [3.8, 4) is 0 Å². The quantitative estimate of drug-likeness (QED) is 0.778. The van der Waals surface area contributed by atoms with E-state index >= 15 is 0 Å². The van der Waals surface area contributed by atoms with Gasteiger partial charge in [-0.3, -0.25) is 4.90 Å². The molecule has 2 heterocycles. The van der Waals surface area contributed by atoms with E-state index in [-0.39, 0.29) is 18.2 Å². The first-order chi connectivity index (χ1) is 12.6. The Morgan fingerprint density at radius 3 is 2.35 bits per heavy atom. The third-order valence-electron chi connectivity index (χ3n) is 5.09. The van der Waals surface area contributed by atoms with Gasteiger partial charge in [0, 0.05) is 0 Å². The average molecular weight is 353 g/mol. The van der Waals surface area contributed by atoms with Crippen LogP contribution in [0.15, 0.2) is 60.7 Å². The summed E-state index contributed by atoms with van der Waals surface area (Å²) >= 11 is 0. The van der Waals surface area contributed by atoms with Crippen molar-refractivity contribution in [3.63, 3.8) is 0 Å². The van der Waals surface area contributed by atoms with E-state index in [4.69, 9.17) is 14.2 Å². The summed E-state index contributed by atoms with van der Waals surface area (Å²) in [5.41, 5.74) is 1.53. The lowest BCUT2D eigenvalue weighted by Gasteiger charge is -2.30. The molecule has 0 aromatic heterocycles. The van der Waals surface area contributed by atoms with Gasteiger partial charge >= 0.3 is 6.09 Å². The van der Waals surface area contributed by atoms with Gasteiger partial charge in [-0.15, -0.1) is 0 Å². The number of rotatable bonds is 4. The van der Waals surface area contributed by atoms with Crippen LogP contribution < -0.4 is 0 Å². The van der Waals surface area contributed by atoms with Crippen LogP contribution in [0.5, 0.6) is 0 Å². The lowest BCUT2D eigenvalue weighted by Crippen LogP contribution is -2.46. The zero-order valence-corrected chi connectivity index (χ0v) is 15.0. The lowest BCUT2D eigenvalue weighted by atomic mass is 9.98. The molecule has 0 radical (unpaired) electrons. The van der Waals surface area contributed by atoms with Gasteiger partial charge in [-0.2, -0.15) is 0 Å². The first kappa shape index (κ1) is 17.1. The summed E-state index contributed by atoms with van der Waals surface area (Å²) < 4.78 is 17.4. The highest BCUT2D eigenvalue weighted by Gasteiger charge is 2.64. The molecule has 0 unspecified atom stereocenters. The number of amides is 1. The van der Waals surface area contributed by atoms with Crippen LogP contribution in [0.25, 0.3) is 0 Å². The van der Waals surface area contributed by atoms with Crippen LogP contribution in [0.1, 0.15) is 37.1 Å². The monoisotopic (exact) mass is 353 g/mol. The van der Waals surface area contributed by atoms with Crippen LogP contribution in [-0.2, 0) is 14.2 Å². The smallest absolute Gasteiger partial charge is 0.412 e. The number of ether oxygens (including phenoxy) is 3. The van der Waals surface area contributed by atoms with Gasteiger partial charge in [-0.25, -0.2) is 4.79 Å². The van der Waals surface area contributed by atoms with Crippen LogP contribution in [0.2, 0.25) is 0 Å². The van der Waals surface area contributed by atoms with E-state index < -0.39 is 11.8 Å². The van der Waals surface area contributed by atoms with Crippen molar-refractivity contribution >= 4 is 6.09 Å². The zero-order valence-electron chi connectivity index (χ0n) is 15.0. The summed E-state index contributed by atoms with van der Waals surface area (Å²) in [6.45, 7) is 4.55. The van der Waals surface area contributed by atoms with E-state index in [1.165, 1.54) is 0 Å². The molecular formula is C21H23NO4. The molecule has 26 heavy (non-hydrogen) atoms. The molecule has 0 bridgehead atoms. The summed E-state index contributed by atoms with van der Waals surface area (Å²) in [5, 5.41) is 0. The topological polar surface area (TPSA) is 51.3 Å². The fourth-order valence-corrected chi connectivity index (χ4v) is 3.74. The van der Waals surface area contributed by atoms with Crippen molar-refractivity contribution < 1.29 is 19.0 Å². The predicted molar refractivity (Wildman–Crippen MR) is 96.5 cm³/mol. The minimum Gasteiger partial charge on any atom is -0.450 e. The van der Waals surface area contributed by atoms with Crippen LogP contribution in [0.4, 0.5) is 4.79 Å². The number of hydrogen-bond donors (Lipinski definition) is 0. The second-order valence-corrected chi connectivity index (χ2v) is 6.81. The molecule has 2 fully saturated rings. The van der Waals surface area contributed by atoms with Gasteiger partial charge in [0.1, 0.15) is 11.7 Å². The van der Waals surface area contributed by atoms with Gasteiger partial charge in [0.2, 0.25) is 0 Å². The minimum atomic E-state index is -0.586. The van der Waals surface area contributed by atoms with Gasteiger partial charge in [-0.05, 0) is 25.0 Å². The summed E-state index contributed by atoms with van der Waals surface area (Å²) in [7, 11) is 0. The number of benzene rings is 2. The van der Waals surface area contributed by atoms with E-state index in [9.17, 15) is 4.79 Å². The maximum absolute atomic E-state index is 12.7. The lowest BCUT2D eigenvalue weighted by molar-refractivity contribution is -0.0243. The van der Waals surface area contributed by atoms with Gasteiger partial charge in [0.25, 0.3) is 0 Å². The van der Waals surface area contributed by atoms with Crippen LogP contribution >= 0.6 is 0 Å². The Morgan fingerprint density at radius 2 is 1.73 bits per heavy atom. The Kier molecular flexibility index (Phi) is 4.42. The molecule has 2 aliphatic heterocycles. The second kappa shape index (κ2) is 6.74. The van der Waals surface area contributed by atoms with E-state index in [1.807, 2.05) is 74.5 Å². The highest BCUT2D eigenvalue weighted by atomic mass is 16.7. The first-order valence-corrected chi connectivity index (χ1v) is 8.99. The molecular weight excluding hydrogens is 330 g/mol.